The average Bonchev–Trinajstić information content (AvgIpc) is 3.15. The monoisotopic (exact) mass is 289 g/mol. The summed E-state index contributed by atoms with van der Waals surface area (Å²) in [5.74, 6) is 1.46. The Morgan fingerprint density at radius 2 is 2.29 bits per heavy atom. The molecule has 0 amide bonds. The Labute approximate surface area is 125 Å². The maximum Gasteiger partial charge on any atom is 0.117 e. The number of aryl methyl sites for hydroxylation is 2. The van der Waals surface area contributed by atoms with Gasteiger partial charge in [0.2, 0.25) is 0 Å². The number of furan rings is 1. The molecular formula is C16H23N3O2. The highest BCUT2D eigenvalue weighted by Gasteiger charge is 2.33. The third-order valence-corrected chi connectivity index (χ3v) is 4.35. The zero-order chi connectivity index (χ0) is 14.8. The quantitative estimate of drug-likeness (QED) is 0.919. The van der Waals surface area contributed by atoms with Gasteiger partial charge >= 0.3 is 0 Å². The van der Waals surface area contributed by atoms with E-state index in [1.165, 1.54) is 11.3 Å². The summed E-state index contributed by atoms with van der Waals surface area (Å²) in [5, 5.41) is 7.99. The maximum absolute atomic E-state index is 6.00. The molecule has 0 bridgehead atoms. The molecule has 2 atom stereocenters. The summed E-state index contributed by atoms with van der Waals surface area (Å²) in [5.41, 5.74) is 3.55. The van der Waals surface area contributed by atoms with Gasteiger partial charge < -0.3 is 14.5 Å². The van der Waals surface area contributed by atoms with Crippen LogP contribution in [0.1, 0.15) is 35.2 Å². The minimum atomic E-state index is 0.155. The Morgan fingerprint density at radius 3 is 2.95 bits per heavy atom. The zero-order valence-corrected chi connectivity index (χ0v) is 12.9. The number of ether oxygens (including phenoxy) is 1. The Hall–Kier alpha value is -1.59. The molecule has 0 aromatic carbocycles. The van der Waals surface area contributed by atoms with E-state index in [2.05, 4.69) is 24.3 Å². The second kappa shape index (κ2) is 6.03. The Morgan fingerprint density at radius 1 is 1.43 bits per heavy atom. The highest BCUT2D eigenvalue weighted by molar-refractivity contribution is 5.28. The average molecular weight is 289 g/mol. The minimum Gasteiger partial charge on any atom is -0.468 e. The van der Waals surface area contributed by atoms with E-state index in [0.29, 0.717) is 5.92 Å². The standard InChI is InChI=1S/C16H23N3O2/c1-11-15(12(2)19(3)18-11)16-13(6-8-21-16)9-17-10-14-5-4-7-20-14/h4-5,7,13,16-17H,6,8-10H2,1-3H3/t13-,16+/m1/s1. The van der Waals surface area contributed by atoms with Crippen LogP contribution in [-0.2, 0) is 18.3 Å². The molecule has 1 N–H and O–H groups in total. The first-order chi connectivity index (χ1) is 10.2. The number of nitrogens with one attached hydrogen (secondary N) is 1. The van der Waals surface area contributed by atoms with Crippen molar-refractivity contribution in [2.45, 2.75) is 32.9 Å². The van der Waals surface area contributed by atoms with Crippen LogP contribution in [0.15, 0.2) is 22.8 Å². The molecule has 2 aromatic heterocycles. The molecule has 1 fully saturated rings. The lowest BCUT2D eigenvalue weighted by Crippen LogP contribution is -2.25. The Kier molecular flexibility index (Phi) is 4.12. The highest BCUT2D eigenvalue weighted by atomic mass is 16.5. The fourth-order valence-electron chi connectivity index (χ4n) is 3.16. The van der Waals surface area contributed by atoms with Crippen LogP contribution in [0, 0.1) is 19.8 Å². The molecule has 1 aliphatic rings. The van der Waals surface area contributed by atoms with E-state index < -0.39 is 0 Å². The number of nitrogens with zero attached hydrogens (tertiary/aromatic N) is 2. The van der Waals surface area contributed by atoms with E-state index in [1.807, 2.05) is 23.9 Å². The van der Waals surface area contributed by atoms with Crippen LogP contribution in [0.3, 0.4) is 0 Å². The molecule has 21 heavy (non-hydrogen) atoms. The molecule has 5 nitrogen and oxygen atoms in total. The summed E-state index contributed by atoms with van der Waals surface area (Å²) >= 11 is 0. The Bertz CT molecular complexity index is 589. The van der Waals surface area contributed by atoms with Crippen molar-refractivity contribution in [3.05, 3.63) is 41.1 Å². The van der Waals surface area contributed by atoms with Gasteiger partial charge in [-0.2, -0.15) is 5.10 Å². The lowest BCUT2D eigenvalue weighted by molar-refractivity contribution is 0.0892. The van der Waals surface area contributed by atoms with Crippen molar-refractivity contribution < 1.29 is 9.15 Å². The number of hydrogen-bond acceptors (Lipinski definition) is 4. The van der Waals surface area contributed by atoms with Crippen LogP contribution >= 0.6 is 0 Å². The van der Waals surface area contributed by atoms with E-state index in [1.54, 1.807) is 6.26 Å². The molecular weight excluding hydrogens is 266 g/mol. The van der Waals surface area contributed by atoms with Crippen LogP contribution in [0.4, 0.5) is 0 Å². The first-order valence-corrected chi connectivity index (χ1v) is 7.51. The van der Waals surface area contributed by atoms with E-state index in [9.17, 15) is 0 Å². The Balaban J connectivity index is 1.65. The molecule has 0 aliphatic carbocycles. The molecule has 0 spiro atoms. The molecule has 114 valence electrons. The zero-order valence-electron chi connectivity index (χ0n) is 12.9. The van der Waals surface area contributed by atoms with E-state index in [0.717, 1.165) is 37.6 Å². The van der Waals surface area contributed by atoms with Crippen molar-refractivity contribution in [1.82, 2.24) is 15.1 Å². The smallest absolute Gasteiger partial charge is 0.117 e. The van der Waals surface area contributed by atoms with Gasteiger partial charge in [0.15, 0.2) is 0 Å². The van der Waals surface area contributed by atoms with E-state index in [4.69, 9.17) is 9.15 Å². The molecule has 2 aromatic rings. The lowest BCUT2D eigenvalue weighted by atomic mass is 9.94. The van der Waals surface area contributed by atoms with Gasteiger partial charge in [0, 0.05) is 37.4 Å². The number of aromatic nitrogens is 2. The predicted molar refractivity (Wildman–Crippen MR) is 79.9 cm³/mol. The lowest BCUT2D eigenvalue weighted by Gasteiger charge is -2.19. The number of rotatable bonds is 5. The van der Waals surface area contributed by atoms with Gasteiger partial charge in [0.1, 0.15) is 5.76 Å². The highest BCUT2D eigenvalue weighted by Crippen LogP contribution is 2.37. The van der Waals surface area contributed by atoms with Crippen LogP contribution in [-0.4, -0.2) is 22.9 Å². The predicted octanol–water partition coefficient (Wildman–Crippen LogP) is 2.50. The van der Waals surface area contributed by atoms with Gasteiger partial charge in [-0.15, -0.1) is 0 Å². The summed E-state index contributed by atoms with van der Waals surface area (Å²) < 4.78 is 13.3. The summed E-state index contributed by atoms with van der Waals surface area (Å²) in [7, 11) is 1.99. The van der Waals surface area contributed by atoms with Crippen molar-refractivity contribution in [3.63, 3.8) is 0 Å². The fraction of sp³-hybridized carbons (Fsp3) is 0.562. The topological polar surface area (TPSA) is 52.2 Å². The van der Waals surface area contributed by atoms with Gasteiger partial charge in [-0.3, -0.25) is 4.68 Å². The molecule has 0 radical (unpaired) electrons. The molecule has 0 saturated carbocycles. The van der Waals surface area contributed by atoms with Crippen molar-refractivity contribution in [2.24, 2.45) is 13.0 Å². The molecule has 1 saturated heterocycles. The molecule has 1 aliphatic heterocycles. The van der Waals surface area contributed by atoms with Crippen molar-refractivity contribution in [3.8, 4) is 0 Å². The third kappa shape index (κ3) is 2.89. The molecule has 5 heteroatoms. The summed E-state index contributed by atoms with van der Waals surface area (Å²) in [6.45, 7) is 6.70. The molecule has 0 unspecified atom stereocenters. The van der Waals surface area contributed by atoms with E-state index in [-0.39, 0.29) is 6.10 Å². The summed E-state index contributed by atoms with van der Waals surface area (Å²) in [6, 6.07) is 3.91. The van der Waals surface area contributed by atoms with Gasteiger partial charge in [0.25, 0.3) is 0 Å². The SMILES string of the molecule is Cc1nn(C)c(C)c1[C@H]1OCC[C@@H]1CNCc1ccco1. The third-order valence-electron chi connectivity index (χ3n) is 4.35. The fourth-order valence-corrected chi connectivity index (χ4v) is 3.16. The molecule has 3 rings (SSSR count). The largest absolute Gasteiger partial charge is 0.468 e. The maximum atomic E-state index is 6.00. The van der Waals surface area contributed by atoms with Crippen molar-refractivity contribution >= 4 is 0 Å². The van der Waals surface area contributed by atoms with Crippen LogP contribution in [0.2, 0.25) is 0 Å². The second-order valence-electron chi connectivity index (χ2n) is 5.76. The second-order valence-corrected chi connectivity index (χ2v) is 5.76. The van der Waals surface area contributed by atoms with E-state index >= 15 is 0 Å². The normalized spacial score (nSPS) is 22.0. The van der Waals surface area contributed by atoms with Gasteiger partial charge in [-0.05, 0) is 32.4 Å². The summed E-state index contributed by atoms with van der Waals surface area (Å²) in [6.07, 6.45) is 2.95. The first-order valence-electron chi connectivity index (χ1n) is 7.51. The van der Waals surface area contributed by atoms with Gasteiger partial charge in [-0.25, -0.2) is 0 Å². The first kappa shape index (κ1) is 14.4. The van der Waals surface area contributed by atoms with Crippen molar-refractivity contribution in [1.29, 1.82) is 0 Å². The van der Waals surface area contributed by atoms with Crippen LogP contribution < -0.4 is 5.32 Å². The minimum absolute atomic E-state index is 0.155. The van der Waals surface area contributed by atoms with Crippen molar-refractivity contribution in [2.75, 3.05) is 13.2 Å². The van der Waals surface area contributed by atoms with Crippen LogP contribution in [0.5, 0.6) is 0 Å². The molecule has 3 heterocycles. The number of hydrogen-bond donors (Lipinski definition) is 1. The summed E-state index contributed by atoms with van der Waals surface area (Å²) in [4.78, 5) is 0. The van der Waals surface area contributed by atoms with Crippen LogP contribution in [0.25, 0.3) is 0 Å². The van der Waals surface area contributed by atoms with Gasteiger partial charge in [-0.1, -0.05) is 0 Å². The van der Waals surface area contributed by atoms with Gasteiger partial charge in [0.05, 0.1) is 24.6 Å².